The molecule has 2 fully saturated rings. The Morgan fingerprint density at radius 3 is 2.79 bits per heavy atom. The van der Waals surface area contributed by atoms with Gasteiger partial charge < -0.3 is 15.0 Å². The number of likely N-dealkylation sites (tertiary alicyclic amines) is 1. The van der Waals surface area contributed by atoms with Crippen LogP contribution in [0, 0.1) is 5.92 Å². The van der Waals surface area contributed by atoms with Gasteiger partial charge in [-0.1, -0.05) is 42.5 Å². The van der Waals surface area contributed by atoms with E-state index in [0.29, 0.717) is 6.54 Å². The average Bonchev–Trinajstić information content (AvgIpc) is 3.20. The molecule has 2 aliphatic heterocycles. The van der Waals surface area contributed by atoms with Gasteiger partial charge in [0.05, 0.1) is 19.8 Å². The second kappa shape index (κ2) is 9.39. The molecule has 1 N–H and O–H groups in total. The molecule has 2 aliphatic rings. The molecular weight excluding hydrogens is 348 g/mol. The molecule has 0 aromatic heterocycles. The van der Waals surface area contributed by atoms with Crippen LogP contribution in [0.25, 0.3) is 10.8 Å². The molecule has 1 atom stereocenters. The molecule has 2 aromatic rings. The van der Waals surface area contributed by atoms with Crippen molar-refractivity contribution in [1.82, 2.24) is 15.1 Å². The number of fused-ring (bicyclic) bond motifs is 1. The topological polar surface area (TPSA) is 40.1 Å². The second-order valence-corrected chi connectivity index (χ2v) is 7.82. The van der Waals surface area contributed by atoms with Gasteiger partial charge in [0.2, 0.25) is 0 Å². The summed E-state index contributed by atoms with van der Waals surface area (Å²) in [4.78, 5) is 9.99. The first-order valence-electron chi connectivity index (χ1n) is 10.6. The van der Waals surface area contributed by atoms with Gasteiger partial charge in [0.15, 0.2) is 5.96 Å². The summed E-state index contributed by atoms with van der Waals surface area (Å²) < 4.78 is 5.48. The Hall–Kier alpha value is -2.11. The Morgan fingerprint density at radius 2 is 1.93 bits per heavy atom. The molecule has 0 radical (unpaired) electrons. The number of morpholine rings is 1. The average molecular weight is 381 g/mol. The molecule has 5 nitrogen and oxygen atoms in total. The Morgan fingerprint density at radius 1 is 1.11 bits per heavy atom. The fourth-order valence-electron chi connectivity index (χ4n) is 4.34. The number of ether oxygens (including phenoxy) is 1. The minimum Gasteiger partial charge on any atom is -0.379 e. The monoisotopic (exact) mass is 380 g/mol. The molecule has 0 aliphatic carbocycles. The van der Waals surface area contributed by atoms with Crippen molar-refractivity contribution in [3.63, 3.8) is 0 Å². The predicted octanol–water partition coefficient (Wildman–Crippen LogP) is 2.96. The highest BCUT2D eigenvalue weighted by Gasteiger charge is 2.27. The van der Waals surface area contributed by atoms with Crippen molar-refractivity contribution < 1.29 is 4.74 Å². The van der Waals surface area contributed by atoms with Gasteiger partial charge in [-0.2, -0.15) is 0 Å². The summed E-state index contributed by atoms with van der Waals surface area (Å²) in [6, 6.07) is 15.1. The predicted molar refractivity (Wildman–Crippen MR) is 116 cm³/mol. The highest BCUT2D eigenvalue weighted by Crippen LogP contribution is 2.21. The fourth-order valence-corrected chi connectivity index (χ4v) is 4.34. The molecule has 28 heavy (non-hydrogen) atoms. The lowest BCUT2D eigenvalue weighted by molar-refractivity contribution is 0.0315. The summed E-state index contributed by atoms with van der Waals surface area (Å²) in [5, 5.41) is 6.10. The Balaban J connectivity index is 1.42. The summed E-state index contributed by atoms with van der Waals surface area (Å²) in [6.07, 6.45) is 1.25. The van der Waals surface area contributed by atoms with Gasteiger partial charge in [0.1, 0.15) is 0 Å². The van der Waals surface area contributed by atoms with Crippen molar-refractivity contribution in [1.29, 1.82) is 0 Å². The van der Waals surface area contributed by atoms with Crippen LogP contribution < -0.4 is 5.32 Å². The zero-order valence-corrected chi connectivity index (χ0v) is 16.9. The molecule has 0 spiro atoms. The molecule has 0 bridgehead atoms. The summed E-state index contributed by atoms with van der Waals surface area (Å²) >= 11 is 0. The number of hydrogen-bond acceptors (Lipinski definition) is 3. The van der Waals surface area contributed by atoms with Crippen molar-refractivity contribution in [3.05, 3.63) is 48.0 Å². The Kier molecular flexibility index (Phi) is 6.45. The van der Waals surface area contributed by atoms with Crippen LogP contribution in [0.2, 0.25) is 0 Å². The quantitative estimate of drug-likeness (QED) is 0.640. The summed E-state index contributed by atoms with van der Waals surface area (Å²) in [7, 11) is 0. The summed E-state index contributed by atoms with van der Waals surface area (Å²) in [5.41, 5.74) is 1.29. The third-order valence-corrected chi connectivity index (χ3v) is 5.82. The molecule has 4 rings (SSSR count). The summed E-state index contributed by atoms with van der Waals surface area (Å²) in [5.74, 6) is 1.78. The second-order valence-electron chi connectivity index (χ2n) is 7.82. The molecule has 0 saturated carbocycles. The number of aliphatic imine (C=N–C) groups is 1. The van der Waals surface area contributed by atoms with E-state index in [1.807, 2.05) is 0 Å². The number of hydrogen-bond donors (Lipinski definition) is 1. The lowest BCUT2D eigenvalue weighted by atomic mass is 10.1. The first-order chi connectivity index (χ1) is 13.8. The zero-order chi connectivity index (χ0) is 19.2. The number of benzene rings is 2. The summed E-state index contributed by atoms with van der Waals surface area (Å²) in [6.45, 7) is 11.0. The van der Waals surface area contributed by atoms with E-state index in [0.717, 1.165) is 57.8 Å². The van der Waals surface area contributed by atoms with E-state index in [4.69, 9.17) is 9.73 Å². The van der Waals surface area contributed by atoms with Crippen LogP contribution in [-0.2, 0) is 11.3 Å². The van der Waals surface area contributed by atoms with Crippen LogP contribution in [0.15, 0.2) is 47.5 Å². The van der Waals surface area contributed by atoms with Gasteiger partial charge in [-0.25, -0.2) is 4.99 Å². The molecular formula is C23H32N4O. The Labute approximate surface area is 168 Å². The molecule has 150 valence electrons. The first-order valence-corrected chi connectivity index (χ1v) is 10.6. The molecule has 2 saturated heterocycles. The van der Waals surface area contributed by atoms with Crippen molar-refractivity contribution in [3.8, 4) is 0 Å². The maximum absolute atomic E-state index is 5.48. The highest BCUT2D eigenvalue weighted by molar-refractivity contribution is 5.86. The molecule has 0 amide bonds. The maximum atomic E-state index is 5.48. The van der Waals surface area contributed by atoms with Crippen LogP contribution in [0.5, 0.6) is 0 Å². The van der Waals surface area contributed by atoms with Crippen molar-refractivity contribution in [2.45, 2.75) is 19.9 Å². The van der Waals surface area contributed by atoms with Gasteiger partial charge in [-0.05, 0) is 35.6 Å². The fraction of sp³-hybridized carbons (Fsp3) is 0.522. The lowest BCUT2D eigenvalue weighted by Gasteiger charge is -2.29. The first kappa shape index (κ1) is 19.2. The normalized spacial score (nSPS) is 21.4. The van der Waals surface area contributed by atoms with E-state index < -0.39 is 0 Å². The van der Waals surface area contributed by atoms with E-state index in [1.165, 1.54) is 29.3 Å². The van der Waals surface area contributed by atoms with Crippen molar-refractivity contribution >= 4 is 16.7 Å². The molecule has 2 heterocycles. The number of guanidine groups is 1. The van der Waals surface area contributed by atoms with Crippen LogP contribution >= 0.6 is 0 Å². The van der Waals surface area contributed by atoms with E-state index in [2.05, 4.69) is 64.5 Å². The van der Waals surface area contributed by atoms with E-state index in [1.54, 1.807) is 0 Å². The van der Waals surface area contributed by atoms with Crippen LogP contribution in [0.3, 0.4) is 0 Å². The number of rotatable bonds is 5. The lowest BCUT2D eigenvalue weighted by Crippen LogP contribution is -2.42. The Bertz CT molecular complexity index is 795. The van der Waals surface area contributed by atoms with E-state index in [9.17, 15) is 0 Å². The number of nitrogens with zero attached hydrogens (tertiary/aromatic N) is 3. The van der Waals surface area contributed by atoms with Crippen LogP contribution in [-0.4, -0.2) is 68.2 Å². The van der Waals surface area contributed by atoms with E-state index >= 15 is 0 Å². The third kappa shape index (κ3) is 4.65. The van der Waals surface area contributed by atoms with E-state index in [-0.39, 0.29) is 0 Å². The third-order valence-electron chi connectivity index (χ3n) is 5.82. The highest BCUT2D eigenvalue weighted by atomic mass is 16.5. The molecule has 2 aromatic carbocycles. The molecule has 5 heteroatoms. The number of nitrogens with one attached hydrogen (secondary N) is 1. The minimum absolute atomic E-state index is 0.717. The van der Waals surface area contributed by atoms with Gasteiger partial charge in [0, 0.05) is 39.3 Å². The smallest absolute Gasteiger partial charge is 0.194 e. The van der Waals surface area contributed by atoms with Crippen molar-refractivity contribution in [2.24, 2.45) is 10.9 Å². The van der Waals surface area contributed by atoms with Gasteiger partial charge in [-0.3, -0.25) is 4.90 Å². The minimum atomic E-state index is 0.717. The molecule has 1 unspecified atom stereocenters. The zero-order valence-electron chi connectivity index (χ0n) is 16.9. The van der Waals surface area contributed by atoms with Gasteiger partial charge in [-0.15, -0.1) is 0 Å². The van der Waals surface area contributed by atoms with Crippen LogP contribution in [0.4, 0.5) is 0 Å². The van der Waals surface area contributed by atoms with Gasteiger partial charge >= 0.3 is 0 Å². The standard InChI is InChI=1S/C23H32N4O/c1-2-24-23(25-16-21-8-5-7-20-6-3-4-9-22(20)21)27-11-10-19(18-27)17-26-12-14-28-15-13-26/h3-9,19H,2,10-18H2,1H3,(H,24,25). The van der Waals surface area contributed by atoms with Crippen molar-refractivity contribution in [2.75, 3.05) is 52.5 Å². The van der Waals surface area contributed by atoms with Crippen LogP contribution in [0.1, 0.15) is 18.9 Å². The largest absolute Gasteiger partial charge is 0.379 e. The maximum Gasteiger partial charge on any atom is 0.194 e. The SMILES string of the molecule is CCNC(=NCc1cccc2ccccc12)N1CCC(CN2CCOCC2)C1. The van der Waals surface area contributed by atoms with Gasteiger partial charge in [0.25, 0.3) is 0 Å².